The van der Waals surface area contributed by atoms with E-state index in [-0.39, 0.29) is 114 Å². The number of thioether (sulfide) groups is 4. The normalized spacial score (nSPS) is 18.8. The molecule has 4 fully saturated rings. The average Bonchev–Trinajstić information content (AvgIpc) is 1.64. The van der Waals surface area contributed by atoms with E-state index in [1.807, 2.05) is 168 Å². The third-order valence-corrected chi connectivity index (χ3v) is 30.8. The maximum absolute atomic E-state index is 13.3. The van der Waals surface area contributed by atoms with Crippen LogP contribution in [0.2, 0.25) is 0 Å². The minimum Gasteiger partial charge on any atom is -0.508 e. The summed E-state index contributed by atoms with van der Waals surface area (Å²) < 4.78 is 55.8. The lowest BCUT2D eigenvalue weighted by atomic mass is 9.93. The summed E-state index contributed by atoms with van der Waals surface area (Å²) in [6.45, 7) is 0. The first-order valence-corrected chi connectivity index (χ1v) is 49.1. The molecule has 12 atom stereocenters. The van der Waals surface area contributed by atoms with Gasteiger partial charge in [-0.2, -0.15) is 0 Å². The van der Waals surface area contributed by atoms with E-state index < -0.39 is 24.4 Å². The third kappa shape index (κ3) is 24.1. The van der Waals surface area contributed by atoms with Gasteiger partial charge in [-0.1, -0.05) is 266 Å². The Morgan fingerprint density at radius 2 is 0.449 bits per heavy atom. The van der Waals surface area contributed by atoms with E-state index in [0.717, 1.165) is 56.1 Å². The standard InChI is InChI=1S/2C30H26FNO3S2.2C24H22FNO3S2/c2*31-22-12-9-19(10-13-22)26(34)15-16-28-29(32(30(36)37-28)23-6-2-1-3-7-23)25-14-11-21(18-27(25)35)20-5-4-8-24(33)17-20;2*25-16-8-6-15(7-9-16)20(28)12-13-22-23(19-11-10-18(27)14-21(19)29)26(24(30)31-22)17-4-2-1-3-5-17/h2*1-14,17-18,26,28-29,33-35H,15-16H2;2*1-11,14,20,22-23,27-29H,12-13H2/t26?,28-,29+;;20?,22-,23+;20-,22-,23+/m0.00/s1. The Morgan fingerprint density at radius 3 is 0.669 bits per heavy atom. The van der Waals surface area contributed by atoms with Gasteiger partial charge in [0.1, 0.15) is 86.5 Å². The lowest BCUT2D eigenvalue weighted by molar-refractivity contribution is 0.163. The quantitative estimate of drug-likeness (QED) is 0.0178. The van der Waals surface area contributed by atoms with Crippen LogP contribution in [0.4, 0.5) is 40.3 Å². The van der Waals surface area contributed by atoms with Crippen molar-refractivity contribution in [1.29, 1.82) is 0 Å². The van der Waals surface area contributed by atoms with Gasteiger partial charge in [-0.15, -0.1) is 0 Å². The molecule has 18 rings (SSSR count). The fraction of sp³-hybridized carbons (Fsp3) is 0.185. The van der Waals surface area contributed by atoms with E-state index in [4.69, 9.17) is 48.9 Å². The van der Waals surface area contributed by atoms with Crippen LogP contribution in [0.3, 0.4) is 0 Å². The molecule has 0 bridgehead atoms. The van der Waals surface area contributed by atoms with E-state index in [0.29, 0.717) is 102 Å². The molecule has 4 aliphatic heterocycles. The second kappa shape index (κ2) is 45.8. The molecule has 0 aliphatic carbocycles. The highest BCUT2D eigenvalue weighted by atomic mass is 32.2. The van der Waals surface area contributed by atoms with Gasteiger partial charge in [0.25, 0.3) is 0 Å². The number of phenolic OH excluding ortho intramolecular Hbond substituents is 8. The van der Waals surface area contributed by atoms with Gasteiger partial charge in [0, 0.05) is 78.1 Å². The van der Waals surface area contributed by atoms with Gasteiger partial charge in [0.2, 0.25) is 0 Å². The van der Waals surface area contributed by atoms with Gasteiger partial charge in [0.15, 0.2) is 0 Å². The number of benzene rings is 14. The molecule has 136 heavy (non-hydrogen) atoms. The molecule has 0 radical (unpaired) electrons. The number of hydrogen-bond donors (Lipinski definition) is 12. The Hall–Kier alpha value is -12.0. The second-order valence-corrected chi connectivity index (χ2v) is 40.5. The molecular weight excluding hydrogens is 1880 g/mol. The third-order valence-electron chi connectivity index (χ3n) is 24.1. The molecule has 4 saturated heterocycles. The first kappa shape index (κ1) is 98.5. The van der Waals surface area contributed by atoms with Crippen LogP contribution in [0.25, 0.3) is 22.3 Å². The minimum atomic E-state index is -0.733. The van der Waals surface area contributed by atoms with Crippen LogP contribution >= 0.6 is 95.9 Å². The number of rotatable bonds is 26. The number of aromatic hydroxyl groups is 8. The Morgan fingerprint density at radius 1 is 0.235 bits per heavy atom. The number of phenols is 8. The highest BCUT2D eigenvalue weighted by Gasteiger charge is 2.46. The first-order valence-electron chi connectivity index (χ1n) is 43.9. The molecule has 4 heterocycles. The molecule has 0 saturated carbocycles. The monoisotopic (exact) mass is 1970 g/mol. The summed E-state index contributed by atoms with van der Waals surface area (Å²) in [6, 6.07) is 95.8. The zero-order valence-corrected chi connectivity index (χ0v) is 79.4. The highest BCUT2D eigenvalue weighted by Crippen LogP contribution is 2.55. The maximum Gasteiger partial charge on any atom is 0.141 e. The Balaban J connectivity index is 0.000000138. The van der Waals surface area contributed by atoms with Crippen LogP contribution < -0.4 is 19.6 Å². The van der Waals surface area contributed by atoms with E-state index >= 15 is 0 Å². The second-order valence-electron chi connectivity index (χ2n) is 33.0. The molecule has 12 N–H and O–H groups in total. The summed E-state index contributed by atoms with van der Waals surface area (Å²) >= 11 is 29.2. The lowest BCUT2D eigenvalue weighted by Gasteiger charge is -2.30. The van der Waals surface area contributed by atoms with Crippen molar-refractivity contribution in [2.75, 3.05) is 19.6 Å². The van der Waals surface area contributed by atoms with Crippen LogP contribution in [0.5, 0.6) is 46.0 Å². The number of nitrogens with zero attached hydrogens (tertiary/aromatic N) is 4. The van der Waals surface area contributed by atoms with Crippen molar-refractivity contribution in [3.8, 4) is 68.2 Å². The molecule has 28 heteroatoms. The van der Waals surface area contributed by atoms with Crippen molar-refractivity contribution in [3.05, 3.63) is 407 Å². The van der Waals surface area contributed by atoms with Crippen molar-refractivity contribution in [3.63, 3.8) is 0 Å². The van der Waals surface area contributed by atoms with Crippen LogP contribution in [0.15, 0.2) is 340 Å². The SMILES string of the molecule is Oc1ccc([C@@H]2[C@H](CCC(O)c3ccc(F)cc3)SC(=S)N2c2ccccc2)c(O)c1.Oc1ccc([C@@H]2[C@H](CC[C@H](O)c3ccc(F)cc3)SC(=S)N2c2ccccc2)c(O)c1.Oc1cccc(-c2ccc(C3C(CCC(O)c4ccc(F)cc4)SC(=S)N3c3ccccc3)c(O)c2)c1.Oc1cccc(-c2ccc([C@@H]3[C@H](CCC(O)c4ccc(F)cc4)SC(=S)N3c3ccccc3)c(O)c2)c1. The molecule has 0 spiro atoms. The van der Waals surface area contributed by atoms with Gasteiger partial charge >= 0.3 is 0 Å². The molecule has 696 valence electrons. The summed E-state index contributed by atoms with van der Waals surface area (Å²) in [7, 11) is 0. The van der Waals surface area contributed by atoms with E-state index in [1.54, 1.807) is 145 Å². The molecule has 0 aromatic heterocycles. The number of hydrogen-bond acceptors (Lipinski definition) is 20. The number of thiocarbonyl (C=S) groups is 4. The number of aliphatic hydroxyl groups is 4. The maximum atomic E-state index is 13.3. The Kier molecular flexibility index (Phi) is 33.2. The van der Waals surface area contributed by atoms with Crippen LogP contribution in [0.1, 0.15) is 144 Å². The van der Waals surface area contributed by atoms with Crippen LogP contribution in [0, 0.1) is 23.3 Å². The minimum absolute atomic E-state index is 0.000291. The van der Waals surface area contributed by atoms with Crippen molar-refractivity contribution >= 4 is 136 Å². The smallest absolute Gasteiger partial charge is 0.141 e. The van der Waals surface area contributed by atoms with Crippen LogP contribution in [-0.2, 0) is 0 Å². The molecule has 4 aliphatic rings. The summed E-state index contributed by atoms with van der Waals surface area (Å²) in [5, 5.41) is 125. The molecular formula is C108H96F4N4O12S8. The average molecular weight is 1970 g/mol. The summed E-state index contributed by atoms with van der Waals surface area (Å²) in [4.78, 5) is 8.16. The van der Waals surface area contributed by atoms with Gasteiger partial charge in [-0.3, -0.25) is 0 Å². The summed E-state index contributed by atoms with van der Waals surface area (Å²) in [5.41, 5.74) is 12.3. The number of aliphatic hydroxyl groups excluding tert-OH is 4. The number of para-hydroxylation sites is 4. The van der Waals surface area contributed by atoms with Crippen molar-refractivity contribution in [2.45, 2.75) is 121 Å². The van der Waals surface area contributed by atoms with Gasteiger partial charge < -0.3 is 80.9 Å². The fourth-order valence-electron chi connectivity index (χ4n) is 17.3. The topological polar surface area (TPSA) is 256 Å². The fourth-order valence-corrected chi connectivity index (χ4v) is 24.7. The summed E-state index contributed by atoms with van der Waals surface area (Å²) in [5.74, 6) is -0.770. The number of anilines is 4. The predicted molar refractivity (Wildman–Crippen MR) is 555 cm³/mol. The molecule has 0 amide bonds. The molecule has 14 aromatic carbocycles. The van der Waals surface area contributed by atoms with Crippen LogP contribution in [-0.4, -0.2) is 99.6 Å². The predicted octanol–water partition coefficient (Wildman–Crippen LogP) is 26.1. The zero-order chi connectivity index (χ0) is 95.8. The van der Waals surface area contributed by atoms with Gasteiger partial charge in [-0.25, -0.2) is 17.6 Å². The summed E-state index contributed by atoms with van der Waals surface area (Å²) in [6.07, 6.45) is 1.44. The Bertz CT molecular complexity index is 6080. The van der Waals surface area contributed by atoms with Gasteiger partial charge in [0.05, 0.1) is 48.6 Å². The molecule has 14 aromatic rings. The zero-order valence-electron chi connectivity index (χ0n) is 72.8. The van der Waals surface area contributed by atoms with Gasteiger partial charge in [-0.05, 0) is 254 Å². The van der Waals surface area contributed by atoms with Crippen molar-refractivity contribution in [2.24, 2.45) is 0 Å². The first-order chi connectivity index (χ1) is 65.7. The molecule has 5 unspecified atom stereocenters. The van der Waals surface area contributed by atoms with E-state index in [1.165, 1.54) is 84.2 Å². The lowest BCUT2D eigenvalue weighted by Crippen LogP contribution is -2.29. The molecule has 16 nitrogen and oxygen atoms in total. The van der Waals surface area contributed by atoms with E-state index in [9.17, 15) is 78.8 Å². The highest BCUT2D eigenvalue weighted by molar-refractivity contribution is 8.25. The number of halogens is 4. The van der Waals surface area contributed by atoms with Crippen molar-refractivity contribution < 1.29 is 78.8 Å². The largest absolute Gasteiger partial charge is 0.508 e. The Labute approximate surface area is 824 Å². The van der Waals surface area contributed by atoms with E-state index in [2.05, 4.69) is 9.80 Å². The van der Waals surface area contributed by atoms with Crippen molar-refractivity contribution in [1.82, 2.24) is 0 Å².